The van der Waals surface area contributed by atoms with Gasteiger partial charge in [-0.25, -0.2) is 9.37 Å². The summed E-state index contributed by atoms with van der Waals surface area (Å²) < 4.78 is 19.1. The summed E-state index contributed by atoms with van der Waals surface area (Å²) >= 11 is 1.60. The predicted octanol–water partition coefficient (Wildman–Crippen LogP) is 4.14. The molecule has 3 rings (SSSR count). The van der Waals surface area contributed by atoms with Crippen molar-refractivity contribution < 1.29 is 14.2 Å². The van der Waals surface area contributed by atoms with E-state index >= 15 is 0 Å². The number of hydrogen-bond acceptors (Lipinski definition) is 4. The van der Waals surface area contributed by atoms with Gasteiger partial charge in [-0.1, -0.05) is 20.8 Å². The number of aliphatic hydroxyl groups is 1. The number of halogens is 1. The van der Waals surface area contributed by atoms with Crippen LogP contribution >= 0.6 is 11.3 Å². The maximum Gasteiger partial charge on any atom is 0.144 e. The van der Waals surface area contributed by atoms with Gasteiger partial charge in [-0.05, 0) is 18.2 Å². The maximum atomic E-state index is 13.2. The summed E-state index contributed by atoms with van der Waals surface area (Å²) in [6, 6.07) is 4.24. The number of rotatable bonds is 1. The van der Waals surface area contributed by atoms with E-state index in [4.69, 9.17) is 4.74 Å². The average Bonchev–Trinajstić information content (AvgIpc) is 2.89. The van der Waals surface area contributed by atoms with E-state index in [-0.39, 0.29) is 17.3 Å². The summed E-state index contributed by atoms with van der Waals surface area (Å²) in [6.45, 7) is 6.35. The van der Waals surface area contributed by atoms with Crippen LogP contribution in [0, 0.1) is 5.82 Å². The molecule has 1 aromatic heterocycles. The highest BCUT2D eigenvalue weighted by molar-refractivity contribution is 7.09. The second kappa shape index (κ2) is 5.07. The Bertz CT molecular complexity index is 663. The van der Waals surface area contributed by atoms with Crippen molar-refractivity contribution in [2.75, 3.05) is 0 Å². The molecule has 1 aliphatic rings. The van der Waals surface area contributed by atoms with Crippen molar-refractivity contribution in [1.82, 2.24) is 4.98 Å². The Morgan fingerprint density at radius 1 is 1.38 bits per heavy atom. The van der Waals surface area contributed by atoms with Crippen LogP contribution in [0.4, 0.5) is 4.39 Å². The topological polar surface area (TPSA) is 42.4 Å². The molecule has 1 aliphatic heterocycles. The van der Waals surface area contributed by atoms with Crippen LogP contribution in [0.15, 0.2) is 23.6 Å². The van der Waals surface area contributed by atoms with Gasteiger partial charge in [0.1, 0.15) is 17.7 Å². The fourth-order valence-corrected chi connectivity index (χ4v) is 3.33. The van der Waals surface area contributed by atoms with Gasteiger partial charge < -0.3 is 9.84 Å². The van der Waals surface area contributed by atoms with Crippen molar-refractivity contribution in [3.05, 3.63) is 45.7 Å². The zero-order valence-electron chi connectivity index (χ0n) is 12.3. The van der Waals surface area contributed by atoms with Gasteiger partial charge in [0.05, 0.1) is 16.8 Å². The highest BCUT2D eigenvalue weighted by atomic mass is 32.1. The molecule has 0 aliphatic carbocycles. The standard InChI is InChI=1S/C16H18FNO2S/c1-16(2,3)15-18-11(8-21-15)14-7-12(19)10-6-9(17)4-5-13(10)20-14/h4-6,8,12,14,19H,7H2,1-3H3. The molecule has 112 valence electrons. The van der Waals surface area contributed by atoms with Gasteiger partial charge in [0.25, 0.3) is 0 Å². The third kappa shape index (κ3) is 2.80. The van der Waals surface area contributed by atoms with E-state index in [2.05, 4.69) is 25.8 Å². The molecule has 0 amide bonds. The van der Waals surface area contributed by atoms with Gasteiger partial charge in [-0.3, -0.25) is 0 Å². The van der Waals surface area contributed by atoms with Gasteiger partial charge in [0.2, 0.25) is 0 Å². The van der Waals surface area contributed by atoms with Gasteiger partial charge in [0, 0.05) is 22.8 Å². The number of aliphatic hydroxyl groups excluding tert-OH is 1. The number of thiazole rings is 1. The molecule has 21 heavy (non-hydrogen) atoms. The van der Waals surface area contributed by atoms with Crippen molar-refractivity contribution in [3.63, 3.8) is 0 Å². The molecule has 0 radical (unpaired) electrons. The van der Waals surface area contributed by atoms with E-state index in [0.29, 0.717) is 17.7 Å². The molecule has 0 saturated carbocycles. The lowest BCUT2D eigenvalue weighted by atomic mass is 9.97. The first-order chi connectivity index (χ1) is 9.84. The van der Waals surface area contributed by atoms with Crippen LogP contribution in [0.1, 0.15) is 55.7 Å². The maximum absolute atomic E-state index is 13.2. The lowest BCUT2D eigenvalue weighted by Crippen LogP contribution is -2.20. The van der Waals surface area contributed by atoms with Crippen LogP contribution in [0.2, 0.25) is 0 Å². The molecule has 0 fully saturated rings. The number of aromatic nitrogens is 1. The summed E-state index contributed by atoms with van der Waals surface area (Å²) in [4.78, 5) is 4.64. The number of fused-ring (bicyclic) bond motifs is 1. The summed E-state index contributed by atoms with van der Waals surface area (Å²) in [6.07, 6.45) is -0.622. The fourth-order valence-electron chi connectivity index (χ4n) is 2.38. The van der Waals surface area contributed by atoms with Gasteiger partial charge in [-0.2, -0.15) is 0 Å². The smallest absolute Gasteiger partial charge is 0.144 e. The molecular formula is C16H18FNO2S. The summed E-state index contributed by atoms with van der Waals surface area (Å²) in [5.74, 6) is 0.170. The Balaban J connectivity index is 1.89. The van der Waals surface area contributed by atoms with Crippen LogP contribution in [0.3, 0.4) is 0 Å². The van der Waals surface area contributed by atoms with Crippen LogP contribution in [0.5, 0.6) is 5.75 Å². The predicted molar refractivity (Wildman–Crippen MR) is 80.2 cm³/mol. The molecule has 2 unspecified atom stereocenters. The van der Waals surface area contributed by atoms with Crippen molar-refractivity contribution in [1.29, 1.82) is 0 Å². The van der Waals surface area contributed by atoms with Gasteiger partial charge in [-0.15, -0.1) is 11.3 Å². The highest BCUT2D eigenvalue weighted by Crippen LogP contribution is 2.41. The molecule has 0 bridgehead atoms. The quantitative estimate of drug-likeness (QED) is 0.861. The number of nitrogens with zero attached hydrogens (tertiary/aromatic N) is 1. The SMILES string of the molecule is CC(C)(C)c1nc(C2CC(O)c3cc(F)ccc3O2)cs1. The molecule has 1 aromatic carbocycles. The second-order valence-corrected chi connectivity index (χ2v) is 7.23. The summed E-state index contributed by atoms with van der Waals surface area (Å²) in [7, 11) is 0. The van der Waals surface area contributed by atoms with E-state index < -0.39 is 6.10 Å². The van der Waals surface area contributed by atoms with Crippen molar-refractivity contribution >= 4 is 11.3 Å². The van der Waals surface area contributed by atoms with Crippen molar-refractivity contribution in [2.45, 2.75) is 44.8 Å². The highest BCUT2D eigenvalue weighted by Gasteiger charge is 2.31. The third-order valence-electron chi connectivity index (χ3n) is 3.53. The zero-order chi connectivity index (χ0) is 15.2. The summed E-state index contributed by atoms with van der Waals surface area (Å²) in [5, 5.41) is 13.2. The molecule has 3 nitrogen and oxygen atoms in total. The molecule has 2 heterocycles. The molecule has 0 saturated heterocycles. The second-order valence-electron chi connectivity index (χ2n) is 6.37. The number of hydrogen-bond donors (Lipinski definition) is 1. The summed E-state index contributed by atoms with van der Waals surface area (Å²) in [5.41, 5.74) is 1.34. The average molecular weight is 307 g/mol. The minimum absolute atomic E-state index is 0.00274. The monoisotopic (exact) mass is 307 g/mol. The first kappa shape index (κ1) is 14.5. The molecule has 2 atom stereocenters. The third-order valence-corrected chi connectivity index (χ3v) is 4.82. The van der Waals surface area contributed by atoms with E-state index in [0.717, 1.165) is 10.7 Å². The van der Waals surface area contributed by atoms with Gasteiger partial charge >= 0.3 is 0 Å². The van der Waals surface area contributed by atoms with E-state index in [1.165, 1.54) is 12.1 Å². The number of ether oxygens (including phenoxy) is 1. The Morgan fingerprint density at radius 3 is 2.81 bits per heavy atom. The minimum atomic E-state index is -0.728. The molecule has 1 N–H and O–H groups in total. The molecule has 0 spiro atoms. The Labute approximate surface area is 127 Å². The number of benzene rings is 1. The largest absolute Gasteiger partial charge is 0.484 e. The molecule has 2 aromatic rings. The zero-order valence-corrected chi connectivity index (χ0v) is 13.1. The first-order valence-corrected chi connectivity index (χ1v) is 7.82. The Kier molecular flexibility index (Phi) is 3.50. The minimum Gasteiger partial charge on any atom is -0.484 e. The van der Waals surface area contributed by atoms with E-state index in [1.54, 1.807) is 17.4 Å². The Hall–Kier alpha value is -1.46. The van der Waals surface area contributed by atoms with Crippen LogP contribution in [0.25, 0.3) is 0 Å². The van der Waals surface area contributed by atoms with Crippen LogP contribution in [-0.4, -0.2) is 10.1 Å². The van der Waals surface area contributed by atoms with Crippen molar-refractivity contribution in [3.8, 4) is 5.75 Å². The van der Waals surface area contributed by atoms with Crippen LogP contribution in [-0.2, 0) is 5.41 Å². The normalized spacial score (nSPS) is 21.8. The lowest BCUT2D eigenvalue weighted by molar-refractivity contribution is 0.0634. The fraction of sp³-hybridized carbons (Fsp3) is 0.438. The van der Waals surface area contributed by atoms with Gasteiger partial charge in [0.15, 0.2) is 0 Å². The Morgan fingerprint density at radius 2 is 2.14 bits per heavy atom. The molecular weight excluding hydrogens is 289 g/mol. The van der Waals surface area contributed by atoms with E-state index in [1.807, 2.05) is 5.38 Å². The molecule has 5 heteroatoms. The van der Waals surface area contributed by atoms with E-state index in [9.17, 15) is 9.50 Å². The first-order valence-electron chi connectivity index (χ1n) is 6.94. The van der Waals surface area contributed by atoms with Crippen LogP contribution < -0.4 is 4.74 Å². The van der Waals surface area contributed by atoms with Crippen molar-refractivity contribution in [2.24, 2.45) is 0 Å². The lowest BCUT2D eigenvalue weighted by Gasteiger charge is -2.28.